The zero-order chi connectivity index (χ0) is 21.3. The lowest BCUT2D eigenvalue weighted by Gasteiger charge is -2.34. The number of aromatic nitrogens is 3. The molecule has 2 aliphatic heterocycles. The predicted molar refractivity (Wildman–Crippen MR) is 105 cm³/mol. The number of carbonyl (C=O) groups is 2. The third-order valence-corrected chi connectivity index (χ3v) is 5.75. The molecule has 2 aromatic rings. The van der Waals surface area contributed by atoms with E-state index in [0.29, 0.717) is 55.9 Å². The van der Waals surface area contributed by atoms with E-state index in [-0.39, 0.29) is 29.4 Å². The van der Waals surface area contributed by atoms with Crippen molar-refractivity contribution in [2.75, 3.05) is 24.6 Å². The van der Waals surface area contributed by atoms with Crippen molar-refractivity contribution in [1.82, 2.24) is 20.0 Å². The number of pyridine rings is 1. The number of halogens is 1. The first-order valence-electron chi connectivity index (χ1n) is 9.88. The molecular formula is C20H23FN6O3. The summed E-state index contributed by atoms with van der Waals surface area (Å²) in [5.41, 5.74) is 6.61. The van der Waals surface area contributed by atoms with Gasteiger partial charge in [0.05, 0.1) is 18.8 Å². The van der Waals surface area contributed by atoms with Gasteiger partial charge in [0.2, 0.25) is 5.91 Å². The quantitative estimate of drug-likeness (QED) is 0.807. The van der Waals surface area contributed by atoms with Crippen molar-refractivity contribution in [3.05, 3.63) is 47.4 Å². The van der Waals surface area contributed by atoms with Gasteiger partial charge in [0.25, 0.3) is 5.91 Å². The van der Waals surface area contributed by atoms with Crippen molar-refractivity contribution in [3.8, 4) is 0 Å². The summed E-state index contributed by atoms with van der Waals surface area (Å²) in [5.74, 6) is -0.688. The molecule has 10 heteroatoms. The number of hydrogen-bond acceptors (Lipinski definition) is 7. The van der Waals surface area contributed by atoms with Crippen LogP contribution < -0.4 is 10.6 Å². The normalized spacial score (nSPS) is 19.9. The van der Waals surface area contributed by atoms with Crippen LogP contribution in [0.1, 0.15) is 46.9 Å². The lowest BCUT2D eigenvalue weighted by Crippen LogP contribution is -2.42. The second-order valence-electron chi connectivity index (χ2n) is 7.52. The molecule has 0 bridgehead atoms. The number of anilines is 1. The largest absolute Gasteiger partial charge is 0.364 e. The Morgan fingerprint density at radius 2 is 1.97 bits per heavy atom. The maximum Gasteiger partial charge on any atom is 0.267 e. The van der Waals surface area contributed by atoms with E-state index in [1.807, 2.05) is 4.90 Å². The smallest absolute Gasteiger partial charge is 0.267 e. The fourth-order valence-corrected chi connectivity index (χ4v) is 4.01. The molecule has 4 heterocycles. The number of hydrogen-bond donors (Lipinski definition) is 1. The van der Waals surface area contributed by atoms with E-state index >= 15 is 0 Å². The van der Waals surface area contributed by atoms with Gasteiger partial charge in [-0.1, -0.05) is 0 Å². The summed E-state index contributed by atoms with van der Waals surface area (Å²) in [6.45, 7) is 3.30. The molecule has 2 aromatic heterocycles. The molecule has 2 N–H and O–H groups in total. The Labute approximate surface area is 173 Å². The molecule has 2 fully saturated rings. The second-order valence-corrected chi connectivity index (χ2v) is 7.52. The predicted octanol–water partition coefficient (Wildman–Crippen LogP) is 1.54. The first kappa shape index (κ1) is 20.1. The lowest BCUT2D eigenvalue weighted by atomic mass is 9.94. The molecule has 2 saturated heterocycles. The van der Waals surface area contributed by atoms with Gasteiger partial charge in [0.1, 0.15) is 23.7 Å². The molecule has 0 unspecified atom stereocenters. The van der Waals surface area contributed by atoms with Crippen LogP contribution in [0.15, 0.2) is 24.8 Å². The standard InChI is InChI=1S/C20H23FN6O3/c1-12-14(9-23-10-15(12)21)17-4-7-30-27(17)20(29)13-2-5-26(6-3-13)18-8-16(19(22)28)24-11-25-18/h8-11,13,17H,2-7H2,1H3,(H2,22,28)/t17-/m0/s1. The second kappa shape index (κ2) is 8.31. The van der Waals surface area contributed by atoms with Crippen LogP contribution in [0.25, 0.3) is 0 Å². The Kier molecular flexibility index (Phi) is 5.58. The van der Waals surface area contributed by atoms with Crippen molar-refractivity contribution >= 4 is 17.6 Å². The van der Waals surface area contributed by atoms with Gasteiger partial charge in [0.15, 0.2) is 0 Å². The summed E-state index contributed by atoms with van der Waals surface area (Å²) in [4.78, 5) is 44.1. The molecule has 0 aliphatic carbocycles. The highest BCUT2D eigenvalue weighted by Gasteiger charge is 2.38. The van der Waals surface area contributed by atoms with Gasteiger partial charge in [-0.05, 0) is 25.3 Å². The summed E-state index contributed by atoms with van der Waals surface area (Å²) in [5, 5.41) is 1.40. The van der Waals surface area contributed by atoms with Gasteiger partial charge in [-0.25, -0.2) is 19.4 Å². The number of rotatable bonds is 4. The monoisotopic (exact) mass is 414 g/mol. The summed E-state index contributed by atoms with van der Waals surface area (Å²) in [7, 11) is 0. The molecule has 4 rings (SSSR count). The summed E-state index contributed by atoms with van der Waals surface area (Å²) < 4.78 is 13.9. The first-order valence-corrected chi connectivity index (χ1v) is 9.88. The van der Waals surface area contributed by atoms with Crippen LogP contribution >= 0.6 is 0 Å². The van der Waals surface area contributed by atoms with Crippen molar-refractivity contribution in [1.29, 1.82) is 0 Å². The van der Waals surface area contributed by atoms with Gasteiger partial charge in [-0.2, -0.15) is 0 Å². The van der Waals surface area contributed by atoms with Gasteiger partial charge >= 0.3 is 0 Å². The van der Waals surface area contributed by atoms with E-state index in [9.17, 15) is 14.0 Å². The highest BCUT2D eigenvalue weighted by atomic mass is 19.1. The van der Waals surface area contributed by atoms with Crippen LogP contribution in [0.4, 0.5) is 10.2 Å². The molecule has 0 spiro atoms. The maximum atomic E-state index is 13.9. The highest BCUT2D eigenvalue weighted by Crippen LogP contribution is 2.35. The summed E-state index contributed by atoms with van der Waals surface area (Å²) in [6, 6.07) is 1.22. The van der Waals surface area contributed by atoms with Crippen LogP contribution in [0.5, 0.6) is 0 Å². The first-order chi connectivity index (χ1) is 14.5. The highest BCUT2D eigenvalue weighted by molar-refractivity contribution is 5.91. The zero-order valence-corrected chi connectivity index (χ0v) is 16.6. The van der Waals surface area contributed by atoms with Crippen LogP contribution in [0, 0.1) is 18.7 Å². The molecule has 9 nitrogen and oxygen atoms in total. The molecular weight excluding hydrogens is 391 g/mol. The number of piperidine rings is 1. The molecule has 2 amide bonds. The van der Waals surface area contributed by atoms with E-state index < -0.39 is 5.91 Å². The SMILES string of the molecule is Cc1c(F)cncc1[C@@H]1CCON1C(=O)C1CCN(c2cc(C(N)=O)ncn2)CC1. The van der Waals surface area contributed by atoms with Crippen LogP contribution in [-0.2, 0) is 9.63 Å². The average Bonchev–Trinajstić information content (AvgIpc) is 3.25. The zero-order valence-electron chi connectivity index (χ0n) is 16.6. The Bertz CT molecular complexity index is 963. The number of carbonyl (C=O) groups excluding carboxylic acids is 2. The fourth-order valence-electron chi connectivity index (χ4n) is 4.01. The molecule has 2 aliphatic rings. The van der Waals surface area contributed by atoms with Gasteiger partial charge in [-0.3, -0.25) is 19.4 Å². The van der Waals surface area contributed by atoms with E-state index in [1.54, 1.807) is 19.2 Å². The average molecular weight is 414 g/mol. The third kappa shape index (κ3) is 3.82. The number of nitrogens with two attached hydrogens (primary N) is 1. The Hall–Kier alpha value is -3.14. The maximum absolute atomic E-state index is 13.9. The van der Waals surface area contributed by atoms with Gasteiger partial charge in [-0.15, -0.1) is 0 Å². The fraction of sp³-hybridized carbons (Fsp3) is 0.450. The molecule has 1 atom stereocenters. The summed E-state index contributed by atoms with van der Waals surface area (Å²) in [6.07, 6.45) is 5.92. The number of primary amides is 1. The van der Waals surface area contributed by atoms with Crippen molar-refractivity contribution in [3.63, 3.8) is 0 Å². The van der Waals surface area contributed by atoms with Crippen LogP contribution in [-0.4, -0.2) is 51.5 Å². The summed E-state index contributed by atoms with van der Waals surface area (Å²) >= 11 is 0. The van der Waals surface area contributed by atoms with Crippen LogP contribution in [0.2, 0.25) is 0 Å². The van der Waals surface area contributed by atoms with Crippen molar-refractivity contribution in [2.24, 2.45) is 11.7 Å². The molecule has 0 saturated carbocycles. The number of hydroxylamine groups is 2. The van der Waals surface area contributed by atoms with Crippen molar-refractivity contribution in [2.45, 2.75) is 32.2 Å². The minimum absolute atomic E-state index is 0.0960. The molecule has 0 radical (unpaired) electrons. The molecule has 0 aromatic carbocycles. The molecule has 30 heavy (non-hydrogen) atoms. The Balaban J connectivity index is 1.43. The van der Waals surface area contributed by atoms with Gasteiger partial charge < -0.3 is 10.6 Å². The van der Waals surface area contributed by atoms with E-state index in [0.717, 1.165) is 0 Å². The van der Waals surface area contributed by atoms with Gasteiger partial charge in [0, 0.05) is 43.3 Å². The molecule has 158 valence electrons. The third-order valence-electron chi connectivity index (χ3n) is 5.75. The Morgan fingerprint density at radius 1 is 1.20 bits per heavy atom. The Morgan fingerprint density at radius 3 is 2.70 bits per heavy atom. The van der Waals surface area contributed by atoms with E-state index in [1.165, 1.54) is 17.6 Å². The number of nitrogens with zero attached hydrogens (tertiary/aromatic N) is 5. The van der Waals surface area contributed by atoms with Crippen LogP contribution in [0.3, 0.4) is 0 Å². The van der Waals surface area contributed by atoms with Crippen molar-refractivity contribution < 1.29 is 18.8 Å². The van der Waals surface area contributed by atoms with E-state index in [2.05, 4.69) is 15.0 Å². The topological polar surface area (TPSA) is 115 Å². The lowest BCUT2D eigenvalue weighted by molar-refractivity contribution is -0.182. The minimum Gasteiger partial charge on any atom is -0.364 e. The number of amides is 2. The van der Waals surface area contributed by atoms with E-state index in [4.69, 9.17) is 10.6 Å². The minimum atomic E-state index is -0.608.